The number of nitrogens with zero attached hydrogens (tertiary/aromatic N) is 1. The Morgan fingerprint density at radius 3 is 2.34 bits per heavy atom. The van der Waals surface area contributed by atoms with Gasteiger partial charge in [-0.05, 0) is 65.8 Å². The minimum atomic E-state index is -0.506. The molecule has 3 aromatic carbocycles. The quantitative estimate of drug-likeness (QED) is 0.334. The summed E-state index contributed by atoms with van der Waals surface area (Å²) < 4.78 is 5.73. The van der Waals surface area contributed by atoms with Crippen LogP contribution in [0.5, 0.6) is 5.75 Å². The Morgan fingerprint density at radius 2 is 1.69 bits per heavy atom. The molecule has 0 saturated carbocycles. The number of thiocarbonyl (C=S) groups is 1. The third-order valence-electron chi connectivity index (χ3n) is 5.44. The standard InChI is InChI=1S/C26H24N2O3S/c1-4-31-23-14-11-18(20-7-5-6-8-21(20)23)15-22-24(29)27-26(32)28(25(22)30)19-12-9-17(10-13-19)16(2)3/h5-16H,4H2,1-3H3,(H,27,29,32)/b22-15+. The molecular formula is C26H24N2O3S. The van der Waals surface area contributed by atoms with Crippen LogP contribution in [0.3, 0.4) is 0 Å². The van der Waals surface area contributed by atoms with E-state index in [0.29, 0.717) is 18.2 Å². The molecule has 0 radical (unpaired) electrons. The van der Waals surface area contributed by atoms with Gasteiger partial charge < -0.3 is 4.74 Å². The molecule has 0 unspecified atom stereocenters. The van der Waals surface area contributed by atoms with Crippen molar-refractivity contribution in [2.75, 3.05) is 11.5 Å². The van der Waals surface area contributed by atoms with Crippen LogP contribution in [-0.2, 0) is 9.59 Å². The Labute approximate surface area is 192 Å². The lowest BCUT2D eigenvalue weighted by Gasteiger charge is -2.29. The smallest absolute Gasteiger partial charge is 0.270 e. The topological polar surface area (TPSA) is 58.6 Å². The third-order valence-corrected chi connectivity index (χ3v) is 5.72. The zero-order chi connectivity index (χ0) is 22.8. The van der Waals surface area contributed by atoms with Crippen molar-refractivity contribution < 1.29 is 14.3 Å². The molecule has 0 bridgehead atoms. The number of fused-ring (bicyclic) bond motifs is 1. The predicted molar refractivity (Wildman–Crippen MR) is 132 cm³/mol. The van der Waals surface area contributed by atoms with Gasteiger partial charge >= 0.3 is 0 Å². The van der Waals surface area contributed by atoms with Crippen molar-refractivity contribution in [3.8, 4) is 5.75 Å². The average molecular weight is 445 g/mol. The van der Waals surface area contributed by atoms with Crippen LogP contribution in [0.25, 0.3) is 16.8 Å². The highest BCUT2D eigenvalue weighted by atomic mass is 32.1. The highest BCUT2D eigenvalue weighted by Crippen LogP contribution is 2.31. The van der Waals surface area contributed by atoms with Crippen molar-refractivity contribution in [2.24, 2.45) is 0 Å². The molecule has 32 heavy (non-hydrogen) atoms. The average Bonchev–Trinajstić information content (AvgIpc) is 2.78. The zero-order valence-electron chi connectivity index (χ0n) is 18.2. The van der Waals surface area contributed by atoms with Gasteiger partial charge in [0.05, 0.1) is 12.3 Å². The first-order valence-electron chi connectivity index (χ1n) is 10.6. The van der Waals surface area contributed by atoms with E-state index in [2.05, 4.69) is 19.2 Å². The summed E-state index contributed by atoms with van der Waals surface area (Å²) in [7, 11) is 0. The van der Waals surface area contributed by atoms with E-state index in [1.165, 1.54) is 4.90 Å². The molecule has 0 spiro atoms. The van der Waals surface area contributed by atoms with Gasteiger partial charge in [0, 0.05) is 5.39 Å². The first-order valence-corrected chi connectivity index (χ1v) is 11.0. The molecule has 1 fully saturated rings. The summed E-state index contributed by atoms with van der Waals surface area (Å²) in [5.41, 5.74) is 2.56. The lowest BCUT2D eigenvalue weighted by Crippen LogP contribution is -2.54. The second kappa shape index (κ2) is 8.93. The van der Waals surface area contributed by atoms with Gasteiger partial charge in [-0.25, -0.2) is 0 Å². The van der Waals surface area contributed by atoms with E-state index < -0.39 is 11.8 Å². The summed E-state index contributed by atoms with van der Waals surface area (Å²) in [6.07, 6.45) is 1.62. The fourth-order valence-electron chi connectivity index (χ4n) is 3.76. The van der Waals surface area contributed by atoms with Crippen LogP contribution in [0.2, 0.25) is 0 Å². The van der Waals surface area contributed by atoms with E-state index in [1.54, 1.807) is 6.08 Å². The van der Waals surface area contributed by atoms with Crippen molar-refractivity contribution in [2.45, 2.75) is 26.7 Å². The summed E-state index contributed by atoms with van der Waals surface area (Å²) >= 11 is 5.32. The van der Waals surface area contributed by atoms with Gasteiger partial charge in [-0.1, -0.05) is 56.3 Å². The number of carbonyl (C=O) groups excluding carboxylic acids is 2. The number of benzene rings is 3. The first kappa shape index (κ1) is 21.7. The molecule has 0 aromatic heterocycles. The summed E-state index contributed by atoms with van der Waals surface area (Å²) in [5.74, 6) is 0.177. The van der Waals surface area contributed by atoms with Crippen molar-refractivity contribution >= 4 is 51.7 Å². The molecule has 6 heteroatoms. The lowest BCUT2D eigenvalue weighted by atomic mass is 9.99. The molecule has 0 atom stereocenters. The van der Waals surface area contributed by atoms with E-state index in [-0.39, 0.29) is 10.7 Å². The second-order valence-electron chi connectivity index (χ2n) is 7.84. The number of hydrogen-bond donors (Lipinski definition) is 1. The van der Waals surface area contributed by atoms with Crippen LogP contribution in [0.1, 0.15) is 37.8 Å². The van der Waals surface area contributed by atoms with Crippen LogP contribution in [0.15, 0.2) is 66.2 Å². The third kappa shape index (κ3) is 4.01. The molecule has 1 N–H and O–H groups in total. The van der Waals surface area contributed by atoms with Crippen LogP contribution in [-0.4, -0.2) is 23.5 Å². The van der Waals surface area contributed by atoms with Crippen molar-refractivity contribution in [3.63, 3.8) is 0 Å². The SMILES string of the molecule is CCOc1ccc(/C=C2\C(=O)NC(=S)N(c3ccc(C(C)C)cc3)C2=O)c2ccccc12. The maximum atomic E-state index is 13.4. The fourth-order valence-corrected chi connectivity index (χ4v) is 4.04. The molecule has 5 nitrogen and oxygen atoms in total. The Balaban J connectivity index is 1.76. The van der Waals surface area contributed by atoms with Crippen LogP contribution in [0.4, 0.5) is 5.69 Å². The minimum absolute atomic E-state index is 0.0286. The van der Waals surface area contributed by atoms with Gasteiger partial charge in [-0.3, -0.25) is 19.8 Å². The molecule has 2 amide bonds. The number of nitrogens with one attached hydrogen (secondary N) is 1. The molecule has 3 aromatic rings. The summed E-state index contributed by atoms with van der Waals surface area (Å²) in [6.45, 7) is 6.69. The molecule has 0 aliphatic carbocycles. The summed E-state index contributed by atoms with van der Waals surface area (Å²) in [6, 6.07) is 19.1. The number of anilines is 1. The Hall–Kier alpha value is -3.51. The molecule has 1 heterocycles. The number of carbonyl (C=O) groups is 2. The molecule has 1 saturated heterocycles. The zero-order valence-corrected chi connectivity index (χ0v) is 19.0. The van der Waals surface area contributed by atoms with Gasteiger partial charge in [-0.15, -0.1) is 0 Å². The van der Waals surface area contributed by atoms with Gasteiger partial charge in [-0.2, -0.15) is 0 Å². The molecular weight excluding hydrogens is 420 g/mol. The van der Waals surface area contributed by atoms with Crippen LogP contribution >= 0.6 is 12.2 Å². The van der Waals surface area contributed by atoms with Gasteiger partial charge in [0.2, 0.25) is 0 Å². The summed E-state index contributed by atoms with van der Waals surface area (Å²) in [4.78, 5) is 27.4. The maximum Gasteiger partial charge on any atom is 0.270 e. The van der Waals surface area contributed by atoms with Gasteiger partial charge in [0.1, 0.15) is 11.3 Å². The lowest BCUT2D eigenvalue weighted by molar-refractivity contribution is -0.122. The molecule has 4 rings (SSSR count). The van der Waals surface area contributed by atoms with Crippen molar-refractivity contribution in [1.82, 2.24) is 5.32 Å². The highest BCUT2D eigenvalue weighted by molar-refractivity contribution is 7.80. The fraction of sp³-hybridized carbons (Fsp3) is 0.192. The predicted octanol–water partition coefficient (Wildman–Crippen LogP) is 5.19. The monoisotopic (exact) mass is 444 g/mol. The van der Waals surface area contributed by atoms with E-state index in [1.807, 2.05) is 67.6 Å². The van der Waals surface area contributed by atoms with E-state index in [0.717, 1.165) is 27.6 Å². The number of ether oxygens (including phenoxy) is 1. The van der Waals surface area contributed by atoms with Crippen molar-refractivity contribution in [3.05, 3.63) is 77.4 Å². The highest BCUT2D eigenvalue weighted by Gasteiger charge is 2.34. The Kier molecular flexibility index (Phi) is 6.06. The van der Waals surface area contributed by atoms with Gasteiger partial charge in [0.25, 0.3) is 11.8 Å². The van der Waals surface area contributed by atoms with Crippen LogP contribution < -0.4 is 15.0 Å². The largest absolute Gasteiger partial charge is 0.493 e. The van der Waals surface area contributed by atoms with Crippen LogP contribution in [0, 0.1) is 0 Å². The normalized spacial score (nSPS) is 15.6. The van der Waals surface area contributed by atoms with Gasteiger partial charge in [0.15, 0.2) is 5.11 Å². The second-order valence-corrected chi connectivity index (χ2v) is 8.22. The first-order chi connectivity index (χ1) is 15.4. The van der Waals surface area contributed by atoms with E-state index in [4.69, 9.17) is 17.0 Å². The molecule has 162 valence electrons. The summed E-state index contributed by atoms with van der Waals surface area (Å²) in [5, 5.41) is 4.54. The Bertz CT molecular complexity index is 1250. The minimum Gasteiger partial charge on any atom is -0.493 e. The number of amides is 2. The van der Waals surface area contributed by atoms with E-state index >= 15 is 0 Å². The maximum absolute atomic E-state index is 13.4. The Morgan fingerprint density at radius 1 is 1.00 bits per heavy atom. The van der Waals surface area contributed by atoms with Crippen molar-refractivity contribution in [1.29, 1.82) is 0 Å². The molecule has 1 aliphatic rings. The van der Waals surface area contributed by atoms with E-state index in [9.17, 15) is 9.59 Å². The molecule has 1 aliphatic heterocycles. The number of rotatable bonds is 5. The number of hydrogen-bond acceptors (Lipinski definition) is 4.